The first-order chi connectivity index (χ1) is 17.6. The summed E-state index contributed by atoms with van der Waals surface area (Å²) in [6.45, 7) is 0.275. The summed E-state index contributed by atoms with van der Waals surface area (Å²) in [4.78, 5) is 13.0. The number of piperidine rings is 1. The van der Waals surface area contributed by atoms with Gasteiger partial charge >= 0.3 is 10.2 Å². The minimum absolute atomic E-state index is 0.0251. The fourth-order valence-electron chi connectivity index (χ4n) is 4.53. The number of halogens is 2. The average molecular weight is 532 g/mol. The first-order valence-corrected chi connectivity index (χ1v) is 13.0. The average Bonchev–Trinajstić information content (AvgIpc) is 2.88. The summed E-state index contributed by atoms with van der Waals surface area (Å²) in [5.74, 6) is -1.55. The van der Waals surface area contributed by atoms with Gasteiger partial charge in [0.2, 0.25) is 0 Å². The maximum atomic E-state index is 14.2. The minimum atomic E-state index is -3.93. The molecule has 0 atom stereocenters. The Morgan fingerprint density at radius 2 is 1.70 bits per heavy atom. The Balaban J connectivity index is 1.54. The zero-order valence-electron chi connectivity index (χ0n) is 20.1. The molecular weight excluding hydrogens is 504 g/mol. The lowest BCUT2D eigenvalue weighted by Gasteiger charge is -2.42. The van der Waals surface area contributed by atoms with E-state index in [0.29, 0.717) is 18.4 Å². The second-order valence-corrected chi connectivity index (χ2v) is 10.5. The summed E-state index contributed by atoms with van der Waals surface area (Å²) >= 11 is 0. The van der Waals surface area contributed by atoms with Crippen molar-refractivity contribution in [2.24, 2.45) is 0 Å². The van der Waals surface area contributed by atoms with Crippen molar-refractivity contribution < 1.29 is 31.8 Å². The molecular formula is C26H27F2N3O5S. The first-order valence-electron chi connectivity index (χ1n) is 11.6. The van der Waals surface area contributed by atoms with Crippen molar-refractivity contribution in [3.8, 4) is 11.5 Å². The number of amides is 1. The molecule has 3 aromatic rings. The van der Waals surface area contributed by atoms with Crippen LogP contribution in [0.2, 0.25) is 0 Å². The number of hydrogen-bond donors (Lipinski definition) is 3. The van der Waals surface area contributed by atoms with E-state index < -0.39 is 33.2 Å². The number of hydrogen-bond acceptors (Lipinski definition) is 5. The summed E-state index contributed by atoms with van der Waals surface area (Å²) in [5.41, 5.74) is 0.0628. The third-order valence-electron chi connectivity index (χ3n) is 6.59. The number of carbonyl (C=O) groups excluding carboxylic acids is 1. The van der Waals surface area contributed by atoms with Crippen LogP contribution in [0, 0.1) is 11.6 Å². The number of ether oxygens (including phenoxy) is 1. The molecule has 1 saturated heterocycles. The summed E-state index contributed by atoms with van der Waals surface area (Å²) in [5, 5.41) is 13.0. The molecule has 4 rings (SSSR count). The van der Waals surface area contributed by atoms with Crippen molar-refractivity contribution in [3.63, 3.8) is 0 Å². The van der Waals surface area contributed by atoms with Crippen LogP contribution in [0.1, 0.15) is 28.8 Å². The van der Waals surface area contributed by atoms with E-state index in [4.69, 9.17) is 4.74 Å². The fraction of sp³-hybridized carbons (Fsp3) is 0.269. The van der Waals surface area contributed by atoms with Gasteiger partial charge in [-0.3, -0.25) is 9.52 Å². The van der Waals surface area contributed by atoms with Gasteiger partial charge in [0.1, 0.15) is 28.7 Å². The van der Waals surface area contributed by atoms with E-state index in [-0.39, 0.29) is 42.4 Å². The van der Waals surface area contributed by atoms with Crippen molar-refractivity contribution in [2.45, 2.75) is 18.3 Å². The van der Waals surface area contributed by atoms with Gasteiger partial charge in [0.25, 0.3) is 5.91 Å². The topological polar surface area (TPSA) is 108 Å². The standard InChI is InChI=1S/C26H27F2N3O5S/c1-36-23-7-3-6-22(32)24(23)25(33)29-17-26(18-4-2-5-20(28)16-18)12-14-31(15-13-26)37(34,35)30-21-10-8-19(27)9-11-21/h2-11,16,30,32H,12-15,17H2,1H3,(H,29,33). The van der Waals surface area contributed by atoms with Crippen LogP contribution in [0.15, 0.2) is 66.7 Å². The fourth-order valence-corrected chi connectivity index (χ4v) is 5.75. The van der Waals surface area contributed by atoms with E-state index in [2.05, 4.69) is 10.0 Å². The van der Waals surface area contributed by atoms with Crippen molar-refractivity contribution in [3.05, 3.63) is 89.5 Å². The number of nitrogens with zero attached hydrogens (tertiary/aromatic N) is 1. The lowest BCUT2D eigenvalue weighted by atomic mass is 9.73. The number of phenolic OH excluding ortho intramolecular Hbond substituents is 1. The number of benzene rings is 3. The molecule has 1 heterocycles. The zero-order valence-corrected chi connectivity index (χ0v) is 20.9. The van der Waals surface area contributed by atoms with E-state index in [1.54, 1.807) is 24.3 Å². The van der Waals surface area contributed by atoms with Crippen LogP contribution >= 0.6 is 0 Å². The Hall–Kier alpha value is -3.70. The van der Waals surface area contributed by atoms with Crippen LogP contribution in [-0.4, -0.2) is 50.5 Å². The van der Waals surface area contributed by atoms with Gasteiger partial charge in [0, 0.05) is 30.7 Å². The molecule has 11 heteroatoms. The number of methoxy groups -OCH3 is 1. The van der Waals surface area contributed by atoms with Gasteiger partial charge in [-0.05, 0) is 66.9 Å². The van der Waals surface area contributed by atoms with E-state index in [0.717, 1.165) is 12.1 Å². The number of anilines is 1. The molecule has 1 fully saturated rings. The molecule has 0 spiro atoms. The van der Waals surface area contributed by atoms with Gasteiger partial charge < -0.3 is 15.2 Å². The van der Waals surface area contributed by atoms with Crippen molar-refractivity contribution in [1.82, 2.24) is 9.62 Å². The van der Waals surface area contributed by atoms with Gasteiger partial charge in [0.05, 0.1) is 7.11 Å². The van der Waals surface area contributed by atoms with Crippen molar-refractivity contribution in [1.29, 1.82) is 0 Å². The number of nitrogens with one attached hydrogen (secondary N) is 2. The predicted octanol–water partition coefficient (Wildman–Crippen LogP) is 3.80. The molecule has 0 saturated carbocycles. The molecule has 0 bridgehead atoms. The molecule has 1 aliphatic heterocycles. The summed E-state index contributed by atoms with van der Waals surface area (Å²) in [6.07, 6.45) is 0.581. The van der Waals surface area contributed by atoms with Crippen LogP contribution in [-0.2, 0) is 15.6 Å². The zero-order chi connectivity index (χ0) is 26.6. The summed E-state index contributed by atoms with van der Waals surface area (Å²) in [7, 11) is -2.54. The number of rotatable bonds is 8. The Morgan fingerprint density at radius 1 is 1.03 bits per heavy atom. The van der Waals surface area contributed by atoms with Gasteiger partial charge in [-0.25, -0.2) is 8.78 Å². The molecule has 196 valence electrons. The maximum absolute atomic E-state index is 14.2. The Labute approximate surface area is 214 Å². The van der Waals surface area contributed by atoms with Gasteiger partial charge in [-0.1, -0.05) is 18.2 Å². The molecule has 37 heavy (non-hydrogen) atoms. The van der Waals surface area contributed by atoms with Crippen LogP contribution < -0.4 is 14.8 Å². The summed E-state index contributed by atoms with van der Waals surface area (Å²) in [6, 6.07) is 15.5. The quantitative estimate of drug-likeness (QED) is 0.410. The second kappa shape index (κ2) is 10.7. The monoisotopic (exact) mass is 531 g/mol. The number of phenols is 1. The predicted molar refractivity (Wildman–Crippen MR) is 135 cm³/mol. The lowest BCUT2D eigenvalue weighted by molar-refractivity contribution is 0.0927. The Bertz CT molecular complexity index is 1380. The molecule has 0 radical (unpaired) electrons. The highest BCUT2D eigenvalue weighted by atomic mass is 32.2. The van der Waals surface area contributed by atoms with Crippen LogP contribution in [0.5, 0.6) is 11.5 Å². The van der Waals surface area contributed by atoms with Crippen molar-refractivity contribution in [2.75, 3.05) is 31.5 Å². The molecule has 3 aromatic carbocycles. The Kier molecular flexibility index (Phi) is 7.65. The highest BCUT2D eigenvalue weighted by molar-refractivity contribution is 7.90. The molecule has 0 aromatic heterocycles. The van der Waals surface area contributed by atoms with Crippen LogP contribution in [0.25, 0.3) is 0 Å². The minimum Gasteiger partial charge on any atom is -0.507 e. The smallest absolute Gasteiger partial charge is 0.301 e. The largest absolute Gasteiger partial charge is 0.507 e. The number of aromatic hydroxyl groups is 1. The maximum Gasteiger partial charge on any atom is 0.301 e. The normalized spacial score (nSPS) is 15.6. The third-order valence-corrected chi connectivity index (χ3v) is 8.12. The van der Waals surface area contributed by atoms with E-state index >= 15 is 0 Å². The lowest BCUT2D eigenvalue weighted by Crippen LogP contribution is -2.51. The van der Waals surface area contributed by atoms with Crippen LogP contribution in [0.4, 0.5) is 14.5 Å². The summed E-state index contributed by atoms with van der Waals surface area (Å²) < 4.78 is 62.2. The Morgan fingerprint density at radius 3 is 2.35 bits per heavy atom. The second-order valence-electron chi connectivity index (χ2n) is 8.84. The molecule has 0 unspecified atom stereocenters. The molecule has 8 nitrogen and oxygen atoms in total. The number of carbonyl (C=O) groups is 1. The van der Waals surface area contributed by atoms with E-state index in [9.17, 15) is 27.1 Å². The van der Waals surface area contributed by atoms with Gasteiger partial charge in [-0.2, -0.15) is 12.7 Å². The molecule has 0 aliphatic carbocycles. The molecule has 3 N–H and O–H groups in total. The van der Waals surface area contributed by atoms with Crippen LogP contribution in [0.3, 0.4) is 0 Å². The van der Waals surface area contributed by atoms with Crippen molar-refractivity contribution >= 4 is 21.8 Å². The third kappa shape index (κ3) is 5.83. The van der Waals surface area contributed by atoms with Gasteiger partial charge in [-0.15, -0.1) is 0 Å². The first kappa shape index (κ1) is 26.4. The molecule has 1 aliphatic rings. The SMILES string of the molecule is COc1cccc(O)c1C(=O)NCC1(c2cccc(F)c2)CCN(S(=O)(=O)Nc2ccc(F)cc2)CC1. The highest BCUT2D eigenvalue weighted by Crippen LogP contribution is 2.37. The molecule has 1 amide bonds. The van der Waals surface area contributed by atoms with E-state index in [1.807, 2.05) is 0 Å². The van der Waals surface area contributed by atoms with E-state index in [1.165, 1.54) is 41.7 Å². The highest BCUT2D eigenvalue weighted by Gasteiger charge is 2.40. The van der Waals surface area contributed by atoms with Gasteiger partial charge in [0.15, 0.2) is 0 Å².